The van der Waals surface area contributed by atoms with Crippen molar-refractivity contribution in [3.05, 3.63) is 59.6 Å². The van der Waals surface area contributed by atoms with E-state index in [9.17, 15) is 18.8 Å². The van der Waals surface area contributed by atoms with E-state index in [-0.39, 0.29) is 22.8 Å². The average molecular weight is 271 g/mol. The zero-order valence-corrected chi connectivity index (χ0v) is 10.3. The van der Waals surface area contributed by atoms with Gasteiger partial charge in [0.25, 0.3) is 0 Å². The minimum Gasteiger partial charge on any atom is -0.371 e. The number of carbonyl (C=O) groups excluding carboxylic acids is 3. The van der Waals surface area contributed by atoms with Crippen molar-refractivity contribution < 1.29 is 18.8 Å². The molecule has 1 aliphatic heterocycles. The number of rotatable bonds is 2. The first kappa shape index (κ1) is 12.5. The van der Waals surface area contributed by atoms with Crippen LogP contribution in [0.1, 0.15) is 10.4 Å². The SMILES string of the molecule is O=C(C1=CC2C(=O)C=CC(=O)C2N1)c1cccc(F)c1. The second kappa shape index (κ2) is 4.52. The Morgan fingerprint density at radius 2 is 1.90 bits per heavy atom. The summed E-state index contributed by atoms with van der Waals surface area (Å²) in [6.07, 6.45) is 3.87. The van der Waals surface area contributed by atoms with Crippen molar-refractivity contribution in [2.75, 3.05) is 0 Å². The lowest BCUT2D eigenvalue weighted by Gasteiger charge is -2.18. The average Bonchev–Trinajstić information content (AvgIpc) is 2.88. The predicted octanol–water partition coefficient (Wildman–Crippen LogP) is 1.19. The van der Waals surface area contributed by atoms with Gasteiger partial charge in [-0.25, -0.2) is 4.39 Å². The zero-order chi connectivity index (χ0) is 14.3. The van der Waals surface area contributed by atoms with Gasteiger partial charge in [-0.3, -0.25) is 14.4 Å². The summed E-state index contributed by atoms with van der Waals surface area (Å²) >= 11 is 0. The van der Waals surface area contributed by atoms with Gasteiger partial charge in [0.1, 0.15) is 11.9 Å². The molecular weight excluding hydrogens is 261 g/mol. The predicted molar refractivity (Wildman–Crippen MR) is 68.4 cm³/mol. The van der Waals surface area contributed by atoms with Crippen molar-refractivity contribution in [2.45, 2.75) is 6.04 Å². The Morgan fingerprint density at radius 1 is 1.15 bits per heavy atom. The van der Waals surface area contributed by atoms with Gasteiger partial charge in [0.15, 0.2) is 11.6 Å². The van der Waals surface area contributed by atoms with E-state index < -0.39 is 23.6 Å². The number of Topliss-reactive ketones (excluding diaryl/α,β-unsaturated/α-hetero) is 1. The van der Waals surface area contributed by atoms with Crippen LogP contribution in [-0.4, -0.2) is 23.4 Å². The molecule has 0 radical (unpaired) electrons. The van der Waals surface area contributed by atoms with Gasteiger partial charge in [-0.2, -0.15) is 0 Å². The van der Waals surface area contributed by atoms with Crippen LogP contribution in [0.3, 0.4) is 0 Å². The van der Waals surface area contributed by atoms with E-state index in [4.69, 9.17) is 0 Å². The van der Waals surface area contributed by atoms with Gasteiger partial charge in [0, 0.05) is 5.56 Å². The summed E-state index contributed by atoms with van der Waals surface area (Å²) in [5, 5.41) is 2.76. The molecule has 100 valence electrons. The second-order valence-corrected chi connectivity index (χ2v) is 4.71. The van der Waals surface area contributed by atoms with Crippen LogP contribution >= 0.6 is 0 Å². The van der Waals surface area contributed by atoms with Crippen molar-refractivity contribution in [1.29, 1.82) is 0 Å². The van der Waals surface area contributed by atoms with Crippen molar-refractivity contribution in [1.82, 2.24) is 5.32 Å². The summed E-state index contributed by atoms with van der Waals surface area (Å²) in [4.78, 5) is 35.6. The Hall–Kier alpha value is -2.56. The molecule has 0 saturated heterocycles. The van der Waals surface area contributed by atoms with Crippen LogP contribution in [-0.2, 0) is 9.59 Å². The monoisotopic (exact) mass is 271 g/mol. The van der Waals surface area contributed by atoms with E-state index in [2.05, 4.69) is 5.32 Å². The fourth-order valence-electron chi connectivity index (χ4n) is 2.38. The van der Waals surface area contributed by atoms with Crippen LogP contribution in [0.2, 0.25) is 0 Å². The lowest BCUT2D eigenvalue weighted by Crippen LogP contribution is -2.41. The molecule has 0 spiro atoms. The van der Waals surface area contributed by atoms with Gasteiger partial charge < -0.3 is 5.32 Å². The number of benzene rings is 1. The quantitative estimate of drug-likeness (QED) is 0.821. The van der Waals surface area contributed by atoms with Crippen molar-refractivity contribution in [2.24, 2.45) is 5.92 Å². The van der Waals surface area contributed by atoms with Crippen LogP contribution in [0.4, 0.5) is 4.39 Å². The van der Waals surface area contributed by atoms with Gasteiger partial charge in [0.05, 0.1) is 11.6 Å². The molecule has 2 atom stereocenters. The first-order valence-electron chi connectivity index (χ1n) is 6.10. The standard InChI is InChI=1S/C15H10FNO3/c16-9-3-1-2-8(6-9)15(20)11-7-10-12(18)4-5-13(19)14(10)17-11/h1-7,10,14,17H. The molecule has 0 saturated carbocycles. The number of nitrogens with one attached hydrogen (secondary N) is 1. The number of hydrogen-bond donors (Lipinski definition) is 1. The summed E-state index contributed by atoms with van der Waals surface area (Å²) in [7, 11) is 0. The number of fused-ring (bicyclic) bond motifs is 1. The maximum Gasteiger partial charge on any atom is 0.208 e. The van der Waals surface area contributed by atoms with Gasteiger partial charge in [-0.15, -0.1) is 0 Å². The number of halogens is 1. The number of hydrogen-bond acceptors (Lipinski definition) is 4. The highest BCUT2D eigenvalue weighted by Gasteiger charge is 2.39. The minimum atomic E-state index is -0.722. The molecule has 2 aliphatic rings. The molecule has 1 aromatic rings. The summed E-state index contributed by atoms with van der Waals surface area (Å²) in [5.41, 5.74) is 0.339. The minimum absolute atomic E-state index is 0.163. The van der Waals surface area contributed by atoms with Crippen LogP contribution in [0.15, 0.2) is 48.2 Å². The van der Waals surface area contributed by atoms with E-state index in [1.54, 1.807) is 0 Å². The highest BCUT2D eigenvalue weighted by molar-refractivity contribution is 6.14. The molecule has 0 aromatic heterocycles. The van der Waals surface area contributed by atoms with Gasteiger partial charge >= 0.3 is 0 Å². The van der Waals surface area contributed by atoms with E-state index in [0.29, 0.717) is 0 Å². The topological polar surface area (TPSA) is 63.2 Å². The third kappa shape index (κ3) is 1.97. The molecule has 2 unspecified atom stereocenters. The molecule has 5 heteroatoms. The van der Waals surface area contributed by atoms with Crippen molar-refractivity contribution >= 4 is 17.3 Å². The molecule has 0 amide bonds. The van der Waals surface area contributed by atoms with Crippen LogP contribution in [0, 0.1) is 11.7 Å². The molecule has 4 nitrogen and oxygen atoms in total. The maximum absolute atomic E-state index is 13.1. The summed E-state index contributed by atoms with van der Waals surface area (Å²) in [6.45, 7) is 0. The van der Waals surface area contributed by atoms with Crippen LogP contribution < -0.4 is 5.32 Å². The van der Waals surface area contributed by atoms with E-state index in [0.717, 1.165) is 6.07 Å². The molecule has 1 N–H and O–H groups in total. The molecule has 3 rings (SSSR count). The first-order chi connectivity index (χ1) is 9.56. The summed E-state index contributed by atoms with van der Waals surface area (Å²) in [6, 6.07) is 4.56. The molecule has 0 bridgehead atoms. The van der Waals surface area contributed by atoms with Crippen LogP contribution in [0.5, 0.6) is 0 Å². The lowest BCUT2D eigenvalue weighted by atomic mass is 9.89. The highest BCUT2D eigenvalue weighted by atomic mass is 19.1. The maximum atomic E-state index is 13.1. The van der Waals surface area contributed by atoms with E-state index in [1.165, 1.54) is 36.4 Å². The fraction of sp³-hybridized carbons (Fsp3) is 0.133. The summed E-state index contributed by atoms with van der Waals surface area (Å²) in [5.74, 6) is -2.06. The van der Waals surface area contributed by atoms with Gasteiger partial charge in [-0.05, 0) is 30.4 Å². The smallest absolute Gasteiger partial charge is 0.208 e. The second-order valence-electron chi connectivity index (χ2n) is 4.71. The first-order valence-corrected chi connectivity index (χ1v) is 6.10. The molecule has 1 aliphatic carbocycles. The molecule has 1 aromatic carbocycles. The Bertz CT molecular complexity index is 690. The largest absolute Gasteiger partial charge is 0.371 e. The Balaban J connectivity index is 1.90. The molecule has 20 heavy (non-hydrogen) atoms. The van der Waals surface area contributed by atoms with Gasteiger partial charge in [-0.1, -0.05) is 12.1 Å². The number of allylic oxidation sites excluding steroid dienone is 2. The third-order valence-corrected chi connectivity index (χ3v) is 3.39. The Labute approximate surface area is 114 Å². The van der Waals surface area contributed by atoms with Crippen molar-refractivity contribution in [3.8, 4) is 0 Å². The van der Waals surface area contributed by atoms with E-state index in [1.807, 2.05) is 0 Å². The number of carbonyl (C=O) groups is 3. The zero-order valence-electron chi connectivity index (χ0n) is 10.3. The molecule has 1 heterocycles. The molecule has 0 fully saturated rings. The van der Waals surface area contributed by atoms with Gasteiger partial charge in [0.2, 0.25) is 5.78 Å². The highest BCUT2D eigenvalue weighted by Crippen LogP contribution is 2.25. The summed E-state index contributed by atoms with van der Waals surface area (Å²) < 4.78 is 13.1. The third-order valence-electron chi connectivity index (χ3n) is 3.39. The number of ketones is 3. The Morgan fingerprint density at radius 3 is 2.60 bits per heavy atom. The van der Waals surface area contributed by atoms with Crippen LogP contribution in [0.25, 0.3) is 0 Å². The Kier molecular flexibility index (Phi) is 2.82. The fourth-order valence-corrected chi connectivity index (χ4v) is 2.38. The van der Waals surface area contributed by atoms with E-state index >= 15 is 0 Å². The normalized spacial score (nSPS) is 24.1. The molecular formula is C15H10FNO3. The van der Waals surface area contributed by atoms with Crippen molar-refractivity contribution in [3.63, 3.8) is 0 Å². The lowest BCUT2D eigenvalue weighted by molar-refractivity contribution is -0.124.